The Labute approximate surface area is 97.4 Å². The molecule has 0 aliphatic heterocycles. The summed E-state index contributed by atoms with van der Waals surface area (Å²) in [7, 11) is 0. The van der Waals surface area contributed by atoms with Crippen LogP contribution in [0.15, 0.2) is 30.3 Å². The van der Waals surface area contributed by atoms with E-state index in [2.05, 4.69) is 31.3 Å². The number of hydrogen-bond donors (Lipinski definition) is 1. The minimum atomic E-state index is -0.0121. The first-order valence-corrected chi connectivity index (χ1v) is 5.70. The summed E-state index contributed by atoms with van der Waals surface area (Å²) in [5.74, 6) is 0.532. The molecule has 0 aliphatic carbocycles. The van der Waals surface area contributed by atoms with Crippen LogP contribution in [0.5, 0.6) is 0 Å². The molecule has 1 aromatic rings. The topological polar surface area (TPSA) is 29.1 Å². The van der Waals surface area contributed by atoms with Crippen LogP contribution >= 0.6 is 0 Å². The van der Waals surface area contributed by atoms with Crippen LogP contribution in [0.25, 0.3) is 6.08 Å². The fourth-order valence-corrected chi connectivity index (χ4v) is 1.31. The number of amides is 1. The van der Waals surface area contributed by atoms with Gasteiger partial charge in [-0.2, -0.15) is 0 Å². The first-order chi connectivity index (χ1) is 7.63. The number of rotatable bonds is 4. The van der Waals surface area contributed by atoms with Crippen molar-refractivity contribution in [1.29, 1.82) is 0 Å². The molecule has 1 N–H and O–H groups in total. The molecular weight excluding hydrogens is 198 g/mol. The van der Waals surface area contributed by atoms with Crippen LogP contribution in [0.1, 0.15) is 36.7 Å². The van der Waals surface area contributed by atoms with Crippen molar-refractivity contribution in [2.24, 2.45) is 5.92 Å². The van der Waals surface area contributed by atoms with Crippen LogP contribution in [-0.2, 0) is 0 Å². The molecule has 0 unspecified atom stereocenters. The van der Waals surface area contributed by atoms with Gasteiger partial charge in [-0.15, -0.1) is 0 Å². The Kier molecular flexibility index (Phi) is 4.77. The minimum absolute atomic E-state index is 0.0121. The van der Waals surface area contributed by atoms with Crippen LogP contribution in [0.4, 0.5) is 0 Å². The Morgan fingerprint density at radius 1 is 1.31 bits per heavy atom. The summed E-state index contributed by atoms with van der Waals surface area (Å²) in [6.45, 7) is 6.85. The lowest BCUT2D eigenvalue weighted by Gasteiger charge is -2.02. The Hall–Kier alpha value is -1.57. The molecule has 0 atom stereocenters. The van der Waals surface area contributed by atoms with Crippen molar-refractivity contribution in [2.75, 3.05) is 6.54 Å². The molecule has 1 amide bonds. The quantitative estimate of drug-likeness (QED) is 0.825. The van der Waals surface area contributed by atoms with E-state index < -0.39 is 0 Å². The smallest absolute Gasteiger partial charge is 0.251 e. The first-order valence-electron chi connectivity index (χ1n) is 5.70. The van der Waals surface area contributed by atoms with Gasteiger partial charge in [0.1, 0.15) is 0 Å². The highest BCUT2D eigenvalue weighted by Crippen LogP contribution is 2.08. The predicted octanol–water partition coefficient (Wildman–Crippen LogP) is 3.11. The van der Waals surface area contributed by atoms with Gasteiger partial charge in [-0.1, -0.05) is 38.1 Å². The summed E-state index contributed by atoms with van der Waals surface area (Å²) in [5, 5.41) is 2.77. The van der Waals surface area contributed by atoms with Gasteiger partial charge in [0, 0.05) is 12.1 Å². The van der Waals surface area contributed by atoms with E-state index in [0.717, 1.165) is 5.56 Å². The number of carbonyl (C=O) groups is 1. The maximum absolute atomic E-state index is 11.5. The van der Waals surface area contributed by atoms with Gasteiger partial charge in [0.05, 0.1) is 0 Å². The Balaban J connectivity index is 2.71. The zero-order chi connectivity index (χ0) is 12.0. The Morgan fingerprint density at radius 3 is 2.44 bits per heavy atom. The molecule has 0 saturated heterocycles. The summed E-state index contributed by atoms with van der Waals surface area (Å²) >= 11 is 0. The van der Waals surface area contributed by atoms with Gasteiger partial charge >= 0.3 is 0 Å². The molecule has 0 fully saturated rings. The standard InChI is InChI=1S/C14H19NO/c1-4-15-14(16)13-9-7-12(8-10-13)6-5-11(2)3/h5-11H,4H2,1-3H3,(H,15,16)/b6-5+. The molecule has 0 bridgehead atoms. The van der Waals surface area contributed by atoms with Crippen molar-refractivity contribution < 1.29 is 4.79 Å². The second-order valence-electron chi connectivity index (χ2n) is 4.08. The highest BCUT2D eigenvalue weighted by Gasteiger charge is 2.02. The zero-order valence-corrected chi connectivity index (χ0v) is 10.2. The van der Waals surface area contributed by atoms with Gasteiger partial charge in [-0.3, -0.25) is 4.79 Å². The third kappa shape index (κ3) is 3.89. The molecule has 0 spiro atoms. The molecule has 2 nitrogen and oxygen atoms in total. The second-order valence-corrected chi connectivity index (χ2v) is 4.08. The lowest BCUT2D eigenvalue weighted by Crippen LogP contribution is -2.22. The maximum Gasteiger partial charge on any atom is 0.251 e. The average molecular weight is 217 g/mol. The Bertz CT molecular complexity index is 363. The van der Waals surface area contributed by atoms with E-state index in [1.54, 1.807) is 0 Å². The number of carbonyl (C=O) groups excluding carboxylic acids is 1. The summed E-state index contributed by atoms with van der Waals surface area (Å²) in [4.78, 5) is 11.5. The van der Waals surface area contributed by atoms with E-state index in [9.17, 15) is 4.79 Å². The van der Waals surface area contributed by atoms with Gasteiger partial charge in [0.25, 0.3) is 5.91 Å². The number of benzene rings is 1. The van der Waals surface area contributed by atoms with E-state index in [0.29, 0.717) is 18.0 Å². The monoisotopic (exact) mass is 217 g/mol. The summed E-state index contributed by atoms with van der Waals surface area (Å²) in [6.07, 6.45) is 4.22. The van der Waals surface area contributed by atoms with Crippen molar-refractivity contribution in [1.82, 2.24) is 5.32 Å². The van der Waals surface area contributed by atoms with Crippen molar-refractivity contribution in [2.45, 2.75) is 20.8 Å². The van der Waals surface area contributed by atoms with Crippen LogP contribution in [-0.4, -0.2) is 12.5 Å². The van der Waals surface area contributed by atoms with Gasteiger partial charge < -0.3 is 5.32 Å². The molecule has 86 valence electrons. The Morgan fingerprint density at radius 2 is 1.94 bits per heavy atom. The van der Waals surface area contributed by atoms with Gasteiger partial charge in [-0.05, 0) is 30.5 Å². The largest absolute Gasteiger partial charge is 0.352 e. The number of nitrogens with one attached hydrogen (secondary N) is 1. The number of hydrogen-bond acceptors (Lipinski definition) is 1. The molecule has 1 aromatic carbocycles. The van der Waals surface area contributed by atoms with Crippen LogP contribution in [0.3, 0.4) is 0 Å². The third-order valence-corrected chi connectivity index (χ3v) is 2.18. The molecule has 1 rings (SSSR count). The van der Waals surface area contributed by atoms with Crippen molar-refractivity contribution in [3.63, 3.8) is 0 Å². The fraction of sp³-hybridized carbons (Fsp3) is 0.357. The van der Waals surface area contributed by atoms with E-state index in [1.807, 2.05) is 31.2 Å². The molecule has 16 heavy (non-hydrogen) atoms. The van der Waals surface area contributed by atoms with E-state index in [1.165, 1.54) is 0 Å². The molecule has 0 saturated carbocycles. The van der Waals surface area contributed by atoms with Crippen LogP contribution < -0.4 is 5.32 Å². The van der Waals surface area contributed by atoms with Gasteiger partial charge in [0.2, 0.25) is 0 Å². The van der Waals surface area contributed by atoms with Gasteiger partial charge in [0.15, 0.2) is 0 Å². The highest BCUT2D eigenvalue weighted by atomic mass is 16.1. The molecular formula is C14H19NO. The molecule has 2 heteroatoms. The van der Waals surface area contributed by atoms with Crippen LogP contribution in [0.2, 0.25) is 0 Å². The summed E-state index contributed by atoms with van der Waals surface area (Å²) in [5.41, 5.74) is 1.84. The lowest BCUT2D eigenvalue weighted by molar-refractivity contribution is 0.0956. The fourth-order valence-electron chi connectivity index (χ4n) is 1.31. The summed E-state index contributed by atoms with van der Waals surface area (Å²) in [6, 6.07) is 7.63. The lowest BCUT2D eigenvalue weighted by atomic mass is 10.1. The first kappa shape index (κ1) is 12.5. The molecule has 0 radical (unpaired) electrons. The normalized spacial score (nSPS) is 11.0. The van der Waals surface area contributed by atoms with Crippen molar-refractivity contribution in [3.05, 3.63) is 41.5 Å². The minimum Gasteiger partial charge on any atom is -0.352 e. The van der Waals surface area contributed by atoms with Crippen molar-refractivity contribution in [3.8, 4) is 0 Å². The van der Waals surface area contributed by atoms with Gasteiger partial charge in [-0.25, -0.2) is 0 Å². The maximum atomic E-state index is 11.5. The molecule has 0 heterocycles. The SMILES string of the molecule is CCNC(=O)c1ccc(/C=C/C(C)C)cc1. The third-order valence-electron chi connectivity index (χ3n) is 2.18. The van der Waals surface area contributed by atoms with Crippen molar-refractivity contribution >= 4 is 12.0 Å². The van der Waals surface area contributed by atoms with E-state index >= 15 is 0 Å². The van der Waals surface area contributed by atoms with Crippen LogP contribution in [0, 0.1) is 5.92 Å². The zero-order valence-electron chi connectivity index (χ0n) is 10.2. The predicted molar refractivity (Wildman–Crippen MR) is 68.3 cm³/mol. The number of allylic oxidation sites excluding steroid dienone is 1. The molecule has 0 aromatic heterocycles. The molecule has 0 aliphatic rings. The average Bonchev–Trinajstić information content (AvgIpc) is 2.27. The second kappa shape index (κ2) is 6.11. The summed E-state index contributed by atoms with van der Waals surface area (Å²) < 4.78 is 0. The van der Waals surface area contributed by atoms with E-state index in [-0.39, 0.29) is 5.91 Å². The highest BCUT2D eigenvalue weighted by molar-refractivity contribution is 5.94. The van der Waals surface area contributed by atoms with E-state index in [4.69, 9.17) is 0 Å².